The molecule has 0 radical (unpaired) electrons. The third-order valence-corrected chi connectivity index (χ3v) is 4.88. The summed E-state index contributed by atoms with van der Waals surface area (Å²) < 4.78 is 10.6. The first-order valence-electron chi connectivity index (χ1n) is 8.29. The number of nitrogens with one attached hydrogen (secondary N) is 1. The predicted octanol–water partition coefficient (Wildman–Crippen LogP) is 4.69. The summed E-state index contributed by atoms with van der Waals surface area (Å²) in [7, 11) is 1.55. The molecule has 0 aliphatic rings. The number of carbonyl (C=O) groups excluding carboxylic acids is 2. The second kappa shape index (κ2) is 8.86. The Morgan fingerprint density at radius 2 is 1.93 bits per heavy atom. The van der Waals surface area contributed by atoms with Crippen LogP contribution < -0.4 is 14.8 Å². The lowest BCUT2D eigenvalue weighted by Crippen LogP contribution is -2.20. The Balaban J connectivity index is 1.58. The number of ketones is 1. The first-order valence-corrected chi connectivity index (χ1v) is 9.55. The third kappa shape index (κ3) is 4.88. The molecule has 3 rings (SSSR count). The molecule has 0 unspecified atom stereocenters. The number of benzene rings is 2. The van der Waals surface area contributed by atoms with Crippen molar-refractivity contribution in [3.63, 3.8) is 0 Å². The summed E-state index contributed by atoms with van der Waals surface area (Å²) in [6.45, 7) is 1.33. The van der Waals surface area contributed by atoms with Gasteiger partial charge >= 0.3 is 0 Å². The van der Waals surface area contributed by atoms with Gasteiger partial charge in [0.15, 0.2) is 17.5 Å². The lowest BCUT2D eigenvalue weighted by Gasteiger charge is -2.06. The van der Waals surface area contributed by atoms with E-state index >= 15 is 0 Å². The maximum atomic E-state index is 12.1. The molecule has 28 heavy (non-hydrogen) atoms. The number of rotatable bonds is 7. The predicted molar refractivity (Wildman–Crippen MR) is 110 cm³/mol. The van der Waals surface area contributed by atoms with Gasteiger partial charge in [-0.1, -0.05) is 11.6 Å². The Labute approximate surface area is 171 Å². The van der Waals surface area contributed by atoms with Crippen LogP contribution in [0.15, 0.2) is 47.8 Å². The number of nitrogens with zero attached hydrogens (tertiary/aromatic N) is 1. The van der Waals surface area contributed by atoms with E-state index in [0.29, 0.717) is 32.9 Å². The van der Waals surface area contributed by atoms with Crippen molar-refractivity contribution in [2.24, 2.45) is 0 Å². The molecule has 1 aromatic heterocycles. The molecule has 0 saturated carbocycles. The minimum atomic E-state index is -0.329. The van der Waals surface area contributed by atoms with Crippen LogP contribution in [0.4, 0.5) is 5.13 Å². The highest BCUT2D eigenvalue weighted by Crippen LogP contribution is 2.31. The van der Waals surface area contributed by atoms with E-state index in [0.717, 1.165) is 5.56 Å². The first kappa shape index (κ1) is 19.9. The summed E-state index contributed by atoms with van der Waals surface area (Å²) in [5.41, 5.74) is 2.11. The molecule has 6 nitrogen and oxygen atoms in total. The van der Waals surface area contributed by atoms with Gasteiger partial charge in [-0.25, -0.2) is 4.98 Å². The monoisotopic (exact) mass is 416 g/mol. The lowest BCUT2D eigenvalue weighted by atomic mass is 10.1. The van der Waals surface area contributed by atoms with Crippen molar-refractivity contribution in [3.8, 4) is 22.8 Å². The molecule has 0 aliphatic heterocycles. The van der Waals surface area contributed by atoms with Gasteiger partial charge in [0.1, 0.15) is 11.5 Å². The molecule has 0 atom stereocenters. The molecule has 0 bridgehead atoms. The van der Waals surface area contributed by atoms with Gasteiger partial charge < -0.3 is 9.47 Å². The second-order valence-electron chi connectivity index (χ2n) is 5.80. The third-order valence-electron chi connectivity index (χ3n) is 3.83. The number of anilines is 1. The maximum Gasteiger partial charge on any atom is 0.264 e. The van der Waals surface area contributed by atoms with Gasteiger partial charge in [-0.2, -0.15) is 0 Å². The van der Waals surface area contributed by atoms with Crippen molar-refractivity contribution >= 4 is 39.8 Å². The molecular formula is C20H17ClN2O4S. The normalized spacial score (nSPS) is 10.4. The number of halogens is 1. The van der Waals surface area contributed by atoms with Crippen LogP contribution in [0.5, 0.6) is 11.5 Å². The van der Waals surface area contributed by atoms with Gasteiger partial charge in [0.25, 0.3) is 5.91 Å². The fourth-order valence-electron chi connectivity index (χ4n) is 2.38. The minimum absolute atomic E-state index is 0.0259. The van der Waals surface area contributed by atoms with Crippen LogP contribution in [-0.4, -0.2) is 30.4 Å². The number of Topliss-reactive ketones (excluding diaryl/α,β-unsaturated/α-hetero) is 1. The van der Waals surface area contributed by atoms with E-state index in [2.05, 4.69) is 10.3 Å². The number of amides is 1. The summed E-state index contributed by atoms with van der Waals surface area (Å²) in [5.74, 6) is 0.738. The van der Waals surface area contributed by atoms with Crippen LogP contribution in [0.3, 0.4) is 0 Å². The molecule has 0 spiro atoms. The highest BCUT2D eigenvalue weighted by Gasteiger charge is 2.11. The molecule has 1 amide bonds. The Kier molecular flexibility index (Phi) is 6.28. The largest absolute Gasteiger partial charge is 0.495 e. The van der Waals surface area contributed by atoms with Gasteiger partial charge in [0, 0.05) is 16.5 Å². The summed E-state index contributed by atoms with van der Waals surface area (Å²) in [6, 6.07) is 12.0. The van der Waals surface area contributed by atoms with Crippen LogP contribution >= 0.6 is 22.9 Å². The molecule has 8 heteroatoms. The zero-order chi connectivity index (χ0) is 20.1. The molecule has 144 valence electrons. The van der Waals surface area contributed by atoms with Crippen LogP contribution in [0.2, 0.25) is 5.02 Å². The van der Waals surface area contributed by atoms with Crippen molar-refractivity contribution in [3.05, 3.63) is 58.4 Å². The van der Waals surface area contributed by atoms with Crippen molar-refractivity contribution < 1.29 is 19.1 Å². The zero-order valence-corrected chi connectivity index (χ0v) is 16.8. The van der Waals surface area contributed by atoms with E-state index in [9.17, 15) is 9.59 Å². The van der Waals surface area contributed by atoms with Crippen molar-refractivity contribution in [1.82, 2.24) is 4.98 Å². The highest BCUT2D eigenvalue weighted by molar-refractivity contribution is 7.14. The summed E-state index contributed by atoms with van der Waals surface area (Å²) in [6.07, 6.45) is 0. The molecule has 1 heterocycles. The first-order chi connectivity index (χ1) is 13.5. The average Bonchev–Trinajstić information content (AvgIpc) is 3.15. The van der Waals surface area contributed by atoms with E-state index in [1.54, 1.807) is 43.5 Å². The average molecular weight is 417 g/mol. The molecular weight excluding hydrogens is 400 g/mol. The van der Waals surface area contributed by atoms with Gasteiger partial charge in [0.2, 0.25) is 0 Å². The standard InChI is InChI=1S/C20H17ClN2O4S/c1-12(24)13-3-6-15(7-4-13)27-10-19(25)23-20-22-17(11-28-20)14-5-8-18(26-2)16(21)9-14/h3-9,11H,10H2,1-2H3,(H,22,23,25). The minimum Gasteiger partial charge on any atom is -0.495 e. The lowest BCUT2D eigenvalue weighted by molar-refractivity contribution is -0.118. The van der Waals surface area contributed by atoms with Gasteiger partial charge in [0.05, 0.1) is 17.8 Å². The number of thiazole rings is 1. The number of hydrogen-bond donors (Lipinski definition) is 1. The molecule has 0 aliphatic carbocycles. The Hall–Kier alpha value is -2.90. The van der Waals surface area contributed by atoms with E-state index in [-0.39, 0.29) is 18.3 Å². The maximum absolute atomic E-state index is 12.1. The Morgan fingerprint density at radius 1 is 1.18 bits per heavy atom. The van der Waals surface area contributed by atoms with Crippen LogP contribution in [0.25, 0.3) is 11.3 Å². The number of ether oxygens (including phenoxy) is 2. The Bertz CT molecular complexity index is 1000. The number of aromatic nitrogens is 1. The number of hydrogen-bond acceptors (Lipinski definition) is 6. The Morgan fingerprint density at radius 3 is 2.57 bits per heavy atom. The fraction of sp³-hybridized carbons (Fsp3) is 0.150. The number of carbonyl (C=O) groups is 2. The molecule has 1 N–H and O–H groups in total. The van der Waals surface area contributed by atoms with Gasteiger partial charge in [-0.15, -0.1) is 11.3 Å². The quantitative estimate of drug-likeness (QED) is 0.565. The van der Waals surface area contributed by atoms with E-state index < -0.39 is 0 Å². The summed E-state index contributed by atoms with van der Waals surface area (Å²) in [4.78, 5) is 27.7. The van der Waals surface area contributed by atoms with E-state index in [1.165, 1.54) is 18.3 Å². The van der Waals surface area contributed by atoms with Gasteiger partial charge in [-0.05, 0) is 49.4 Å². The van der Waals surface area contributed by atoms with Crippen molar-refractivity contribution in [2.75, 3.05) is 19.0 Å². The topological polar surface area (TPSA) is 77.5 Å². The van der Waals surface area contributed by atoms with Crippen molar-refractivity contribution in [2.45, 2.75) is 6.92 Å². The van der Waals surface area contributed by atoms with Crippen LogP contribution in [-0.2, 0) is 4.79 Å². The smallest absolute Gasteiger partial charge is 0.264 e. The van der Waals surface area contributed by atoms with Crippen LogP contribution in [0, 0.1) is 0 Å². The molecule has 2 aromatic carbocycles. The van der Waals surface area contributed by atoms with E-state index in [4.69, 9.17) is 21.1 Å². The summed E-state index contributed by atoms with van der Waals surface area (Å²) in [5, 5.41) is 5.48. The second-order valence-corrected chi connectivity index (χ2v) is 7.07. The summed E-state index contributed by atoms with van der Waals surface area (Å²) >= 11 is 7.45. The van der Waals surface area contributed by atoms with Crippen LogP contribution in [0.1, 0.15) is 17.3 Å². The SMILES string of the molecule is COc1ccc(-c2csc(NC(=O)COc3ccc(C(C)=O)cc3)n2)cc1Cl. The fourth-order valence-corrected chi connectivity index (χ4v) is 3.37. The number of methoxy groups -OCH3 is 1. The zero-order valence-electron chi connectivity index (χ0n) is 15.2. The molecule has 3 aromatic rings. The van der Waals surface area contributed by atoms with Crippen molar-refractivity contribution in [1.29, 1.82) is 0 Å². The molecule has 0 fully saturated rings. The highest BCUT2D eigenvalue weighted by atomic mass is 35.5. The molecule has 0 saturated heterocycles. The van der Waals surface area contributed by atoms with E-state index in [1.807, 2.05) is 11.4 Å². The van der Waals surface area contributed by atoms with Gasteiger partial charge in [-0.3, -0.25) is 14.9 Å².